The average Bonchev–Trinajstić information content (AvgIpc) is 2.26. The Morgan fingerprint density at radius 3 is 2.93 bits per heavy atom. The van der Waals surface area contributed by atoms with Gasteiger partial charge in [-0.15, -0.1) is 0 Å². The summed E-state index contributed by atoms with van der Waals surface area (Å²) in [5.41, 5.74) is 0.599. The summed E-state index contributed by atoms with van der Waals surface area (Å²) in [6.07, 6.45) is 2.01. The molecule has 4 heteroatoms. The largest absolute Gasteiger partial charge is 0.505 e. The predicted molar refractivity (Wildman–Crippen MR) is 60.6 cm³/mol. The van der Waals surface area contributed by atoms with Crippen LogP contribution < -0.4 is 5.32 Å². The van der Waals surface area contributed by atoms with Crippen LogP contribution in [0.4, 0.5) is 4.39 Å². The Labute approximate surface area is 96.6 Å². The summed E-state index contributed by atoms with van der Waals surface area (Å²) in [6.45, 7) is 1.77. The first-order chi connectivity index (χ1) is 7.20. The minimum atomic E-state index is -0.488. The Morgan fingerprint density at radius 1 is 1.47 bits per heavy atom. The lowest BCUT2D eigenvalue weighted by Crippen LogP contribution is -2.29. The van der Waals surface area contributed by atoms with E-state index >= 15 is 0 Å². The van der Waals surface area contributed by atoms with Crippen LogP contribution in [0.15, 0.2) is 16.6 Å². The zero-order chi connectivity index (χ0) is 10.8. The number of nitrogens with one attached hydrogen (secondary N) is 1. The van der Waals surface area contributed by atoms with Gasteiger partial charge in [-0.05, 0) is 31.5 Å². The number of hydrogen-bond donors (Lipinski definition) is 2. The molecule has 0 saturated carbocycles. The van der Waals surface area contributed by atoms with E-state index in [4.69, 9.17) is 0 Å². The van der Waals surface area contributed by atoms with Crippen molar-refractivity contribution in [2.45, 2.75) is 18.8 Å². The van der Waals surface area contributed by atoms with Crippen LogP contribution in [-0.4, -0.2) is 18.2 Å². The molecule has 1 saturated heterocycles. The normalized spacial score (nSPS) is 21.6. The predicted octanol–water partition coefficient (Wildman–Crippen LogP) is 2.76. The first-order valence-electron chi connectivity index (χ1n) is 5.07. The van der Waals surface area contributed by atoms with Crippen molar-refractivity contribution >= 4 is 15.9 Å². The second-order valence-corrected chi connectivity index (χ2v) is 4.69. The van der Waals surface area contributed by atoms with Crippen LogP contribution in [0.1, 0.15) is 24.3 Å². The molecule has 1 heterocycles. The van der Waals surface area contributed by atoms with E-state index in [0.29, 0.717) is 5.56 Å². The van der Waals surface area contributed by atoms with Crippen LogP contribution in [0.2, 0.25) is 0 Å². The summed E-state index contributed by atoms with van der Waals surface area (Å²) >= 11 is 3.34. The summed E-state index contributed by atoms with van der Waals surface area (Å²) in [6, 6.07) is 3.07. The van der Waals surface area contributed by atoms with Gasteiger partial charge in [-0.25, -0.2) is 4.39 Å². The molecule has 0 amide bonds. The van der Waals surface area contributed by atoms with E-state index in [0.717, 1.165) is 30.4 Å². The van der Waals surface area contributed by atoms with Crippen molar-refractivity contribution in [2.24, 2.45) is 0 Å². The highest BCUT2D eigenvalue weighted by molar-refractivity contribution is 9.10. The van der Waals surface area contributed by atoms with Crippen molar-refractivity contribution < 1.29 is 9.50 Å². The zero-order valence-electron chi connectivity index (χ0n) is 8.26. The Morgan fingerprint density at radius 2 is 2.27 bits per heavy atom. The van der Waals surface area contributed by atoms with Gasteiger partial charge >= 0.3 is 0 Å². The Hall–Kier alpha value is -0.610. The minimum absolute atomic E-state index is 0.153. The smallest absolute Gasteiger partial charge is 0.169 e. The molecule has 1 atom stereocenters. The van der Waals surface area contributed by atoms with Crippen LogP contribution >= 0.6 is 15.9 Å². The van der Waals surface area contributed by atoms with Gasteiger partial charge in [-0.3, -0.25) is 0 Å². The number of benzene rings is 1. The third kappa shape index (κ3) is 2.16. The first-order valence-corrected chi connectivity index (χ1v) is 5.87. The summed E-state index contributed by atoms with van der Waals surface area (Å²) in [5, 5.41) is 12.6. The van der Waals surface area contributed by atoms with E-state index in [1.165, 1.54) is 6.07 Å². The maximum absolute atomic E-state index is 13.7. The molecule has 1 aliphatic heterocycles. The number of phenols is 1. The summed E-state index contributed by atoms with van der Waals surface area (Å²) in [4.78, 5) is 0. The van der Waals surface area contributed by atoms with Gasteiger partial charge in [-0.2, -0.15) is 0 Å². The molecule has 1 unspecified atom stereocenters. The van der Waals surface area contributed by atoms with Crippen molar-refractivity contribution in [3.8, 4) is 5.75 Å². The molecule has 0 bridgehead atoms. The van der Waals surface area contributed by atoms with Crippen molar-refractivity contribution in [1.29, 1.82) is 0 Å². The second-order valence-electron chi connectivity index (χ2n) is 3.84. The number of phenolic OH excluding ortho intramolecular Hbond substituents is 1. The number of aromatic hydroxyl groups is 1. The van der Waals surface area contributed by atoms with E-state index < -0.39 is 5.82 Å². The Kier molecular flexibility index (Phi) is 3.26. The van der Waals surface area contributed by atoms with Gasteiger partial charge in [0.1, 0.15) is 0 Å². The third-order valence-corrected chi connectivity index (χ3v) is 3.50. The van der Waals surface area contributed by atoms with Crippen molar-refractivity contribution in [1.82, 2.24) is 5.32 Å². The molecule has 1 fully saturated rings. The zero-order valence-corrected chi connectivity index (χ0v) is 9.85. The molecule has 0 spiro atoms. The minimum Gasteiger partial charge on any atom is -0.505 e. The van der Waals surface area contributed by atoms with Crippen LogP contribution in [0.5, 0.6) is 5.75 Å². The standard InChI is InChI=1S/C11H13BrFNO/c12-8-3-4-9(15)11(13)10(8)7-2-1-5-14-6-7/h3-4,7,14-15H,1-2,5-6H2. The van der Waals surface area contributed by atoms with Gasteiger partial charge in [0.15, 0.2) is 11.6 Å². The number of hydrogen-bond acceptors (Lipinski definition) is 2. The Balaban J connectivity index is 2.36. The van der Waals surface area contributed by atoms with Gasteiger partial charge in [0.25, 0.3) is 0 Å². The maximum atomic E-state index is 13.7. The molecule has 2 rings (SSSR count). The maximum Gasteiger partial charge on any atom is 0.169 e. The highest BCUT2D eigenvalue weighted by atomic mass is 79.9. The summed E-state index contributed by atoms with van der Waals surface area (Å²) in [5.74, 6) is -0.600. The summed E-state index contributed by atoms with van der Waals surface area (Å²) < 4.78 is 14.5. The van der Waals surface area contributed by atoms with Crippen LogP contribution in [-0.2, 0) is 0 Å². The highest BCUT2D eigenvalue weighted by Gasteiger charge is 2.22. The molecular formula is C11H13BrFNO. The summed E-state index contributed by atoms with van der Waals surface area (Å²) in [7, 11) is 0. The van der Waals surface area contributed by atoms with Crippen molar-refractivity contribution in [3.63, 3.8) is 0 Å². The monoisotopic (exact) mass is 273 g/mol. The fourth-order valence-corrected chi connectivity index (χ4v) is 2.66. The fourth-order valence-electron chi connectivity index (χ4n) is 2.03. The molecule has 2 nitrogen and oxygen atoms in total. The van der Waals surface area contributed by atoms with Gasteiger partial charge in [0, 0.05) is 22.5 Å². The third-order valence-electron chi connectivity index (χ3n) is 2.81. The van der Waals surface area contributed by atoms with Crippen LogP contribution in [0.25, 0.3) is 0 Å². The lowest BCUT2D eigenvalue weighted by atomic mass is 9.91. The topological polar surface area (TPSA) is 32.3 Å². The number of halogens is 2. The molecule has 2 N–H and O–H groups in total. The molecule has 1 aromatic carbocycles. The van der Waals surface area contributed by atoms with E-state index in [2.05, 4.69) is 21.2 Å². The molecule has 0 aliphatic carbocycles. The quantitative estimate of drug-likeness (QED) is 0.825. The molecule has 15 heavy (non-hydrogen) atoms. The van der Waals surface area contributed by atoms with E-state index in [1.54, 1.807) is 6.07 Å². The molecular weight excluding hydrogens is 261 g/mol. The molecule has 1 aromatic rings. The highest BCUT2D eigenvalue weighted by Crippen LogP contribution is 2.35. The van der Waals surface area contributed by atoms with Gasteiger partial charge < -0.3 is 10.4 Å². The van der Waals surface area contributed by atoms with Crippen molar-refractivity contribution in [3.05, 3.63) is 28.0 Å². The van der Waals surface area contributed by atoms with E-state index in [9.17, 15) is 9.50 Å². The van der Waals surface area contributed by atoms with Gasteiger partial charge in [0.2, 0.25) is 0 Å². The first kappa shape index (κ1) is 10.9. The fraction of sp³-hybridized carbons (Fsp3) is 0.455. The van der Waals surface area contributed by atoms with Crippen molar-refractivity contribution in [2.75, 3.05) is 13.1 Å². The van der Waals surface area contributed by atoms with Crippen LogP contribution in [0.3, 0.4) is 0 Å². The van der Waals surface area contributed by atoms with E-state index in [-0.39, 0.29) is 11.7 Å². The lowest BCUT2D eigenvalue weighted by molar-refractivity contribution is 0.407. The van der Waals surface area contributed by atoms with E-state index in [1.807, 2.05) is 0 Å². The SMILES string of the molecule is Oc1ccc(Br)c(C2CCCNC2)c1F. The lowest BCUT2D eigenvalue weighted by Gasteiger charge is -2.24. The number of piperidine rings is 1. The average molecular weight is 274 g/mol. The molecule has 82 valence electrons. The van der Waals surface area contributed by atoms with Gasteiger partial charge in [-0.1, -0.05) is 15.9 Å². The number of rotatable bonds is 1. The van der Waals surface area contributed by atoms with Gasteiger partial charge in [0.05, 0.1) is 0 Å². The van der Waals surface area contributed by atoms with Crippen LogP contribution in [0, 0.1) is 5.82 Å². The molecule has 0 aromatic heterocycles. The Bertz CT molecular complexity index is 364. The molecule has 1 aliphatic rings. The second kappa shape index (κ2) is 4.49. The molecule has 0 radical (unpaired) electrons.